The Labute approximate surface area is 121 Å². The van der Waals surface area contributed by atoms with Gasteiger partial charge in [0, 0.05) is 10.9 Å². The standard InChI is InChI=1S/C17H13FN2O/c1-10-6-7-15-12(8-10)13(17(19)21)9-16(20-15)11-4-2-3-5-14(11)18/h2-9H,1H3,(H2,19,21). The number of hydrogen-bond acceptors (Lipinski definition) is 2. The third-order valence-corrected chi connectivity index (χ3v) is 3.38. The van der Waals surface area contributed by atoms with Gasteiger partial charge < -0.3 is 5.73 Å². The van der Waals surface area contributed by atoms with Crippen LogP contribution in [0.4, 0.5) is 4.39 Å². The molecule has 0 unspecified atom stereocenters. The van der Waals surface area contributed by atoms with E-state index in [9.17, 15) is 9.18 Å². The lowest BCUT2D eigenvalue weighted by atomic mass is 10.0. The molecular formula is C17H13FN2O. The van der Waals surface area contributed by atoms with E-state index in [-0.39, 0.29) is 5.82 Å². The molecule has 2 N–H and O–H groups in total. The van der Waals surface area contributed by atoms with Crippen molar-refractivity contribution in [2.45, 2.75) is 6.92 Å². The van der Waals surface area contributed by atoms with Gasteiger partial charge in [0.15, 0.2) is 0 Å². The number of hydrogen-bond donors (Lipinski definition) is 1. The first-order valence-electron chi connectivity index (χ1n) is 6.52. The van der Waals surface area contributed by atoms with Crippen molar-refractivity contribution in [1.82, 2.24) is 4.98 Å². The van der Waals surface area contributed by atoms with Crippen molar-refractivity contribution < 1.29 is 9.18 Å². The number of carbonyl (C=O) groups is 1. The summed E-state index contributed by atoms with van der Waals surface area (Å²) in [5, 5.41) is 0.683. The minimum Gasteiger partial charge on any atom is -0.366 e. The molecule has 1 heterocycles. The van der Waals surface area contributed by atoms with E-state index in [1.807, 2.05) is 19.1 Å². The van der Waals surface area contributed by atoms with Gasteiger partial charge in [-0.1, -0.05) is 23.8 Å². The van der Waals surface area contributed by atoms with Crippen LogP contribution < -0.4 is 5.73 Å². The molecule has 0 spiro atoms. The van der Waals surface area contributed by atoms with Crippen LogP contribution >= 0.6 is 0 Å². The number of amides is 1. The molecule has 0 aliphatic heterocycles. The van der Waals surface area contributed by atoms with Crippen LogP contribution in [0.1, 0.15) is 15.9 Å². The van der Waals surface area contributed by atoms with E-state index in [0.29, 0.717) is 27.7 Å². The van der Waals surface area contributed by atoms with E-state index < -0.39 is 5.91 Å². The van der Waals surface area contributed by atoms with Gasteiger partial charge in [-0.2, -0.15) is 0 Å². The van der Waals surface area contributed by atoms with E-state index in [1.165, 1.54) is 6.07 Å². The van der Waals surface area contributed by atoms with Gasteiger partial charge in [0.25, 0.3) is 0 Å². The third kappa shape index (κ3) is 2.36. The molecule has 3 nitrogen and oxygen atoms in total. The summed E-state index contributed by atoms with van der Waals surface area (Å²) in [6, 6.07) is 13.4. The highest BCUT2D eigenvalue weighted by Crippen LogP contribution is 2.27. The second-order valence-electron chi connectivity index (χ2n) is 4.92. The Morgan fingerprint density at radius 3 is 2.62 bits per heavy atom. The molecule has 1 aromatic heterocycles. The maximum atomic E-state index is 13.9. The van der Waals surface area contributed by atoms with Crippen LogP contribution in [0.15, 0.2) is 48.5 Å². The van der Waals surface area contributed by atoms with Crippen molar-refractivity contribution in [3.05, 3.63) is 65.5 Å². The number of pyridine rings is 1. The van der Waals surface area contributed by atoms with Crippen molar-refractivity contribution >= 4 is 16.8 Å². The van der Waals surface area contributed by atoms with Crippen molar-refractivity contribution in [3.63, 3.8) is 0 Å². The van der Waals surface area contributed by atoms with Crippen LogP contribution in [0.2, 0.25) is 0 Å². The first-order valence-corrected chi connectivity index (χ1v) is 6.52. The number of rotatable bonds is 2. The number of carbonyl (C=O) groups excluding carboxylic acids is 1. The predicted octanol–water partition coefficient (Wildman–Crippen LogP) is 3.45. The predicted molar refractivity (Wildman–Crippen MR) is 80.4 cm³/mol. The van der Waals surface area contributed by atoms with Crippen molar-refractivity contribution in [2.75, 3.05) is 0 Å². The van der Waals surface area contributed by atoms with E-state index >= 15 is 0 Å². The number of primary amides is 1. The zero-order valence-corrected chi connectivity index (χ0v) is 11.4. The number of aromatic nitrogens is 1. The summed E-state index contributed by atoms with van der Waals surface area (Å²) in [6.45, 7) is 1.93. The molecule has 0 bridgehead atoms. The van der Waals surface area contributed by atoms with Crippen LogP contribution in [0.25, 0.3) is 22.2 Å². The lowest BCUT2D eigenvalue weighted by Crippen LogP contribution is -2.12. The van der Waals surface area contributed by atoms with Crippen LogP contribution in [-0.2, 0) is 0 Å². The number of nitrogens with two attached hydrogens (primary N) is 1. The molecule has 3 aromatic rings. The molecule has 0 fully saturated rings. The Morgan fingerprint density at radius 1 is 1.14 bits per heavy atom. The molecule has 104 valence electrons. The Morgan fingerprint density at radius 2 is 1.90 bits per heavy atom. The fraction of sp³-hybridized carbons (Fsp3) is 0.0588. The van der Waals surface area contributed by atoms with E-state index in [1.54, 1.807) is 30.3 Å². The molecule has 2 aromatic carbocycles. The lowest BCUT2D eigenvalue weighted by molar-refractivity contribution is 0.100. The molecule has 21 heavy (non-hydrogen) atoms. The Bertz CT molecular complexity index is 859. The first-order chi connectivity index (χ1) is 10.1. The summed E-state index contributed by atoms with van der Waals surface area (Å²) in [5.74, 6) is -0.933. The topological polar surface area (TPSA) is 56.0 Å². The average Bonchev–Trinajstić information content (AvgIpc) is 2.46. The Balaban J connectivity index is 2.34. The van der Waals surface area contributed by atoms with Crippen LogP contribution in [-0.4, -0.2) is 10.9 Å². The average molecular weight is 280 g/mol. The van der Waals surface area contributed by atoms with Crippen molar-refractivity contribution in [1.29, 1.82) is 0 Å². The molecule has 0 saturated carbocycles. The number of benzene rings is 2. The highest BCUT2D eigenvalue weighted by atomic mass is 19.1. The number of aryl methyl sites for hydroxylation is 1. The first kappa shape index (κ1) is 13.2. The number of halogens is 1. The fourth-order valence-corrected chi connectivity index (χ4v) is 2.35. The number of nitrogens with zero attached hydrogens (tertiary/aromatic N) is 1. The van der Waals surface area contributed by atoms with Gasteiger partial charge in [-0.25, -0.2) is 9.37 Å². The second kappa shape index (κ2) is 4.98. The molecule has 0 aliphatic rings. The zero-order chi connectivity index (χ0) is 15.0. The van der Waals surface area contributed by atoms with Crippen molar-refractivity contribution in [2.24, 2.45) is 5.73 Å². The monoisotopic (exact) mass is 280 g/mol. The molecule has 3 rings (SSSR count). The van der Waals surface area contributed by atoms with E-state index in [4.69, 9.17) is 5.73 Å². The summed E-state index contributed by atoms with van der Waals surface area (Å²) in [5.41, 5.74) is 8.18. The maximum Gasteiger partial charge on any atom is 0.249 e. The highest BCUT2D eigenvalue weighted by molar-refractivity contribution is 6.06. The van der Waals surface area contributed by atoms with Gasteiger partial charge >= 0.3 is 0 Å². The van der Waals surface area contributed by atoms with E-state index in [0.717, 1.165) is 5.56 Å². The molecule has 0 radical (unpaired) electrons. The van der Waals surface area contributed by atoms with Crippen LogP contribution in [0.5, 0.6) is 0 Å². The Kier molecular flexibility index (Phi) is 3.14. The summed E-state index contributed by atoms with van der Waals surface area (Å²) >= 11 is 0. The lowest BCUT2D eigenvalue weighted by Gasteiger charge is -2.09. The normalized spacial score (nSPS) is 10.8. The van der Waals surface area contributed by atoms with Gasteiger partial charge in [0.1, 0.15) is 5.82 Å². The maximum absolute atomic E-state index is 13.9. The van der Waals surface area contributed by atoms with Crippen LogP contribution in [0.3, 0.4) is 0 Å². The summed E-state index contributed by atoms with van der Waals surface area (Å²) in [6.07, 6.45) is 0. The van der Waals surface area contributed by atoms with Gasteiger partial charge in [-0.05, 0) is 37.3 Å². The SMILES string of the molecule is Cc1ccc2nc(-c3ccccc3F)cc(C(N)=O)c2c1. The molecule has 0 aliphatic carbocycles. The fourth-order valence-electron chi connectivity index (χ4n) is 2.35. The second-order valence-corrected chi connectivity index (χ2v) is 4.92. The largest absolute Gasteiger partial charge is 0.366 e. The van der Waals surface area contributed by atoms with Gasteiger partial charge in [-0.15, -0.1) is 0 Å². The molecule has 0 atom stereocenters. The van der Waals surface area contributed by atoms with Gasteiger partial charge in [0.05, 0.1) is 16.8 Å². The molecule has 1 amide bonds. The van der Waals surface area contributed by atoms with Crippen molar-refractivity contribution in [3.8, 4) is 11.3 Å². The minimum atomic E-state index is -0.550. The van der Waals surface area contributed by atoms with E-state index in [2.05, 4.69) is 4.98 Å². The highest BCUT2D eigenvalue weighted by Gasteiger charge is 2.13. The number of fused-ring (bicyclic) bond motifs is 1. The summed E-state index contributed by atoms with van der Waals surface area (Å²) < 4.78 is 13.9. The smallest absolute Gasteiger partial charge is 0.249 e. The third-order valence-electron chi connectivity index (χ3n) is 3.38. The summed E-state index contributed by atoms with van der Waals surface area (Å²) in [4.78, 5) is 16.1. The van der Waals surface area contributed by atoms with Gasteiger partial charge in [-0.3, -0.25) is 4.79 Å². The van der Waals surface area contributed by atoms with Crippen LogP contribution in [0, 0.1) is 12.7 Å². The molecule has 4 heteroatoms. The zero-order valence-electron chi connectivity index (χ0n) is 11.4. The molecular weight excluding hydrogens is 267 g/mol. The molecule has 0 saturated heterocycles. The quantitative estimate of drug-likeness (QED) is 0.781. The Hall–Kier alpha value is -2.75. The summed E-state index contributed by atoms with van der Waals surface area (Å²) in [7, 11) is 0. The minimum absolute atomic E-state index is 0.349. The van der Waals surface area contributed by atoms with Gasteiger partial charge in [0.2, 0.25) is 5.91 Å².